The van der Waals surface area contributed by atoms with E-state index in [0.29, 0.717) is 13.2 Å². The number of guanidine groups is 1. The van der Waals surface area contributed by atoms with Crippen molar-refractivity contribution in [3.8, 4) is 5.69 Å². The van der Waals surface area contributed by atoms with Crippen LogP contribution >= 0.6 is 0 Å². The zero-order valence-corrected chi connectivity index (χ0v) is 17.3. The maximum absolute atomic E-state index is 5.45. The molecule has 0 saturated carbocycles. The minimum atomic E-state index is 0.639. The number of ether oxygens (including phenoxy) is 2. The second kappa shape index (κ2) is 12.9. The monoisotopic (exact) mass is 387 g/mol. The van der Waals surface area contributed by atoms with Crippen LogP contribution in [0.1, 0.15) is 24.1 Å². The molecule has 7 heteroatoms. The van der Waals surface area contributed by atoms with Gasteiger partial charge in [-0.05, 0) is 43.9 Å². The van der Waals surface area contributed by atoms with E-state index in [1.807, 2.05) is 22.9 Å². The van der Waals surface area contributed by atoms with Crippen molar-refractivity contribution in [2.24, 2.45) is 4.99 Å². The van der Waals surface area contributed by atoms with Crippen LogP contribution in [0.3, 0.4) is 0 Å². The van der Waals surface area contributed by atoms with Gasteiger partial charge < -0.3 is 20.1 Å². The van der Waals surface area contributed by atoms with Crippen LogP contribution in [0, 0.1) is 6.92 Å². The molecule has 28 heavy (non-hydrogen) atoms. The van der Waals surface area contributed by atoms with Gasteiger partial charge in [0, 0.05) is 40.1 Å². The van der Waals surface area contributed by atoms with Gasteiger partial charge in [0.2, 0.25) is 0 Å². The van der Waals surface area contributed by atoms with Gasteiger partial charge in [-0.3, -0.25) is 4.99 Å². The first-order valence-electron chi connectivity index (χ1n) is 9.86. The first kappa shape index (κ1) is 21.9. The Labute approximate surface area is 168 Å². The molecule has 7 nitrogen and oxygen atoms in total. The number of para-hydroxylation sites is 1. The summed E-state index contributed by atoms with van der Waals surface area (Å²) in [4.78, 5) is 4.26. The van der Waals surface area contributed by atoms with E-state index in [1.54, 1.807) is 14.2 Å². The summed E-state index contributed by atoms with van der Waals surface area (Å²) >= 11 is 0. The van der Waals surface area contributed by atoms with Gasteiger partial charge in [-0.15, -0.1) is 0 Å². The van der Waals surface area contributed by atoms with Gasteiger partial charge in [-0.25, -0.2) is 4.68 Å². The fourth-order valence-corrected chi connectivity index (χ4v) is 2.79. The van der Waals surface area contributed by atoms with Crippen LogP contribution in [-0.2, 0) is 15.9 Å². The van der Waals surface area contributed by atoms with E-state index >= 15 is 0 Å². The van der Waals surface area contributed by atoms with Crippen LogP contribution in [0.15, 0.2) is 41.5 Å². The Morgan fingerprint density at radius 1 is 1.07 bits per heavy atom. The Morgan fingerprint density at radius 2 is 1.82 bits per heavy atom. The quantitative estimate of drug-likeness (QED) is 0.332. The largest absolute Gasteiger partial charge is 0.382 e. The Morgan fingerprint density at radius 3 is 2.54 bits per heavy atom. The summed E-state index contributed by atoms with van der Waals surface area (Å²) in [7, 11) is 3.47. The molecule has 1 aromatic carbocycles. The van der Waals surface area contributed by atoms with E-state index in [1.165, 1.54) is 5.56 Å². The van der Waals surface area contributed by atoms with Gasteiger partial charge in [0.05, 0.1) is 24.6 Å². The Balaban J connectivity index is 1.64. The smallest absolute Gasteiger partial charge is 0.190 e. The lowest BCUT2D eigenvalue weighted by Crippen LogP contribution is -2.38. The predicted molar refractivity (Wildman–Crippen MR) is 113 cm³/mol. The molecule has 2 N–H and O–H groups in total. The van der Waals surface area contributed by atoms with Crippen LogP contribution in [0.2, 0.25) is 0 Å². The van der Waals surface area contributed by atoms with Crippen molar-refractivity contribution in [3.63, 3.8) is 0 Å². The summed E-state index contributed by atoms with van der Waals surface area (Å²) in [6, 6.07) is 10.2. The molecule has 0 amide bonds. The highest BCUT2D eigenvalue weighted by atomic mass is 16.5. The van der Waals surface area contributed by atoms with Gasteiger partial charge >= 0.3 is 0 Å². The number of hydrogen-bond donors (Lipinski definition) is 2. The maximum atomic E-state index is 5.45. The molecule has 0 unspecified atom stereocenters. The number of aliphatic imine (C=N–C) groups is 1. The zero-order chi connectivity index (χ0) is 20.0. The minimum Gasteiger partial charge on any atom is -0.382 e. The van der Waals surface area contributed by atoms with Crippen LogP contribution in [0.4, 0.5) is 0 Å². The highest BCUT2D eigenvalue weighted by Gasteiger charge is 2.06. The third kappa shape index (κ3) is 7.70. The van der Waals surface area contributed by atoms with Gasteiger partial charge in [-0.1, -0.05) is 18.2 Å². The number of hydrogen-bond acceptors (Lipinski definition) is 4. The van der Waals surface area contributed by atoms with Crippen molar-refractivity contribution in [2.75, 3.05) is 47.1 Å². The van der Waals surface area contributed by atoms with E-state index in [0.717, 1.165) is 56.3 Å². The van der Waals surface area contributed by atoms with Crippen molar-refractivity contribution in [2.45, 2.75) is 26.2 Å². The number of rotatable bonds is 12. The summed E-state index contributed by atoms with van der Waals surface area (Å²) in [6.07, 6.45) is 5.06. The Kier molecular flexibility index (Phi) is 10.1. The Hall–Kier alpha value is -2.38. The van der Waals surface area contributed by atoms with E-state index in [-0.39, 0.29) is 0 Å². The molecule has 2 rings (SSSR count). The summed E-state index contributed by atoms with van der Waals surface area (Å²) < 4.78 is 12.3. The average molecular weight is 388 g/mol. The lowest BCUT2D eigenvalue weighted by molar-refractivity contribution is 0.0698. The highest BCUT2D eigenvalue weighted by molar-refractivity contribution is 5.79. The number of aromatic nitrogens is 2. The standard InChI is InChI=1S/C21H33N5O2/c1-18-19(17-26(25-18)20-10-5-4-6-11-20)9-7-12-23-21(22-2)24-13-8-14-28-16-15-27-3/h4-6,10-11,17H,7-9,12-16H2,1-3H3,(H2,22,23,24). The summed E-state index contributed by atoms with van der Waals surface area (Å²) in [5, 5.41) is 11.3. The van der Waals surface area contributed by atoms with E-state index in [4.69, 9.17) is 9.47 Å². The molecule has 0 atom stereocenters. The van der Waals surface area contributed by atoms with Crippen LogP contribution in [0.25, 0.3) is 5.69 Å². The lowest BCUT2D eigenvalue weighted by Gasteiger charge is -2.11. The third-order valence-corrected chi connectivity index (χ3v) is 4.35. The summed E-state index contributed by atoms with van der Waals surface area (Å²) in [6.45, 7) is 5.76. The van der Waals surface area contributed by atoms with Crippen molar-refractivity contribution in [3.05, 3.63) is 47.8 Å². The predicted octanol–water partition coefficient (Wildman–Crippen LogP) is 2.33. The van der Waals surface area contributed by atoms with Crippen molar-refractivity contribution < 1.29 is 9.47 Å². The third-order valence-electron chi connectivity index (χ3n) is 4.35. The van der Waals surface area contributed by atoms with E-state index < -0.39 is 0 Å². The molecule has 0 saturated heterocycles. The maximum Gasteiger partial charge on any atom is 0.190 e. The molecule has 0 radical (unpaired) electrons. The SMILES string of the molecule is CN=C(NCCCOCCOC)NCCCc1cn(-c2ccccc2)nc1C. The van der Waals surface area contributed by atoms with Crippen molar-refractivity contribution in [1.29, 1.82) is 0 Å². The first-order valence-corrected chi connectivity index (χ1v) is 9.86. The molecule has 1 aromatic heterocycles. The summed E-state index contributed by atoms with van der Waals surface area (Å²) in [5.41, 5.74) is 3.45. The Bertz CT molecular complexity index is 700. The van der Waals surface area contributed by atoms with Gasteiger partial charge in [-0.2, -0.15) is 5.10 Å². The number of methoxy groups -OCH3 is 1. The molecule has 0 fully saturated rings. The van der Waals surface area contributed by atoms with Crippen LogP contribution < -0.4 is 10.6 Å². The highest BCUT2D eigenvalue weighted by Crippen LogP contribution is 2.13. The summed E-state index contributed by atoms with van der Waals surface area (Å²) in [5.74, 6) is 0.827. The number of nitrogens with zero attached hydrogens (tertiary/aromatic N) is 3. The molecular weight excluding hydrogens is 354 g/mol. The average Bonchev–Trinajstić information content (AvgIpc) is 3.10. The molecule has 2 aromatic rings. The second-order valence-electron chi connectivity index (χ2n) is 6.51. The molecular formula is C21H33N5O2. The zero-order valence-electron chi connectivity index (χ0n) is 17.3. The van der Waals surface area contributed by atoms with Crippen LogP contribution in [0.5, 0.6) is 0 Å². The van der Waals surface area contributed by atoms with Gasteiger partial charge in [0.15, 0.2) is 5.96 Å². The normalized spacial score (nSPS) is 11.6. The fourth-order valence-electron chi connectivity index (χ4n) is 2.79. The number of aryl methyl sites for hydroxylation is 2. The molecule has 0 bridgehead atoms. The van der Waals surface area contributed by atoms with Gasteiger partial charge in [0.1, 0.15) is 0 Å². The first-order chi connectivity index (χ1) is 13.7. The number of benzene rings is 1. The van der Waals surface area contributed by atoms with E-state index in [2.05, 4.69) is 46.0 Å². The van der Waals surface area contributed by atoms with Crippen molar-refractivity contribution >= 4 is 5.96 Å². The molecule has 0 spiro atoms. The fraction of sp³-hybridized carbons (Fsp3) is 0.524. The number of nitrogens with one attached hydrogen (secondary N) is 2. The minimum absolute atomic E-state index is 0.639. The topological polar surface area (TPSA) is 72.7 Å². The molecule has 0 aliphatic carbocycles. The van der Waals surface area contributed by atoms with Crippen molar-refractivity contribution in [1.82, 2.24) is 20.4 Å². The second-order valence-corrected chi connectivity index (χ2v) is 6.51. The molecule has 154 valence electrons. The molecule has 0 aliphatic rings. The lowest BCUT2D eigenvalue weighted by atomic mass is 10.1. The van der Waals surface area contributed by atoms with Crippen LogP contribution in [-0.4, -0.2) is 62.8 Å². The van der Waals surface area contributed by atoms with E-state index in [9.17, 15) is 0 Å². The van der Waals surface area contributed by atoms with Gasteiger partial charge in [0.25, 0.3) is 0 Å². The molecule has 1 heterocycles. The molecule has 0 aliphatic heterocycles.